The standard InChI is InChI=1S/C20H28O6/c1-18-6-4-7-19(2,17(23)24)16(18)15(22)14(21)13-11(18)9-12-10(5-8-26-12)20(13,3)25/h5,8,11,13-16,21-22,25H,4,6-7,9H2,1-3H3,(H,23,24)/t11-,13-,14+,15-,16+,18+,19+,20+/m0/s1. The number of furan rings is 1. The summed E-state index contributed by atoms with van der Waals surface area (Å²) in [6, 6.07) is 1.72. The number of carbonyl (C=O) groups is 1. The van der Waals surface area contributed by atoms with Crippen molar-refractivity contribution in [3.05, 3.63) is 23.7 Å². The van der Waals surface area contributed by atoms with Gasteiger partial charge in [0.05, 0.1) is 29.5 Å². The first-order chi connectivity index (χ1) is 12.0. The Morgan fingerprint density at radius 2 is 1.88 bits per heavy atom. The molecule has 26 heavy (non-hydrogen) atoms. The van der Waals surface area contributed by atoms with Gasteiger partial charge < -0.3 is 24.8 Å². The van der Waals surface area contributed by atoms with Crippen LogP contribution in [0.3, 0.4) is 0 Å². The Hall–Kier alpha value is -1.37. The van der Waals surface area contributed by atoms with Crippen LogP contribution in [0.15, 0.2) is 16.7 Å². The molecule has 6 nitrogen and oxygen atoms in total. The fourth-order valence-electron chi connectivity index (χ4n) is 6.77. The molecule has 144 valence electrons. The lowest BCUT2D eigenvalue weighted by Gasteiger charge is -2.64. The quantitative estimate of drug-likeness (QED) is 0.606. The van der Waals surface area contributed by atoms with Crippen LogP contribution in [0, 0.1) is 28.6 Å². The number of aliphatic hydroxyl groups excluding tert-OH is 2. The predicted octanol–water partition coefficient (Wildman–Crippen LogP) is 1.91. The van der Waals surface area contributed by atoms with Crippen molar-refractivity contribution in [2.24, 2.45) is 28.6 Å². The van der Waals surface area contributed by atoms with Gasteiger partial charge in [-0.1, -0.05) is 13.3 Å². The Kier molecular flexibility index (Phi) is 3.70. The number of fused-ring (bicyclic) bond motifs is 4. The minimum Gasteiger partial charge on any atom is -0.481 e. The van der Waals surface area contributed by atoms with E-state index in [1.165, 1.54) is 0 Å². The Morgan fingerprint density at radius 3 is 2.54 bits per heavy atom. The Morgan fingerprint density at radius 1 is 1.19 bits per heavy atom. The molecule has 8 atom stereocenters. The van der Waals surface area contributed by atoms with Crippen LogP contribution in [0.4, 0.5) is 0 Å². The molecular formula is C20H28O6. The smallest absolute Gasteiger partial charge is 0.309 e. The van der Waals surface area contributed by atoms with Crippen LogP contribution < -0.4 is 0 Å². The van der Waals surface area contributed by atoms with Crippen LogP contribution in [-0.2, 0) is 16.8 Å². The lowest BCUT2D eigenvalue weighted by molar-refractivity contribution is -0.253. The van der Waals surface area contributed by atoms with Crippen molar-refractivity contribution >= 4 is 5.97 Å². The number of rotatable bonds is 1. The molecule has 0 amide bonds. The monoisotopic (exact) mass is 364 g/mol. The zero-order valence-electron chi connectivity index (χ0n) is 15.5. The normalized spacial score (nSPS) is 50.5. The first-order valence-electron chi connectivity index (χ1n) is 9.44. The highest BCUT2D eigenvalue weighted by Gasteiger charge is 2.68. The molecule has 1 aromatic heterocycles. The van der Waals surface area contributed by atoms with Crippen LogP contribution in [0.2, 0.25) is 0 Å². The number of hydrogen-bond acceptors (Lipinski definition) is 5. The number of hydrogen-bond donors (Lipinski definition) is 4. The van der Waals surface area contributed by atoms with Crippen molar-refractivity contribution in [2.45, 2.75) is 64.3 Å². The molecule has 1 heterocycles. The average molecular weight is 364 g/mol. The van der Waals surface area contributed by atoms with Crippen molar-refractivity contribution < 1.29 is 29.6 Å². The molecule has 0 unspecified atom stereocenters. The van der Waals surface area contributed by atoms with E-state index in [-0.39, 0.29) is 5.92 Å². The summed E-state index contributed by atoms with van der Waals surface area (Å²) in [7, 11) is 0. The molecule has 3 aliphatic carbocycles. The highest BCUT2D eigenvalue weighted by Crippen LogP contribution is 2.65. The first kappa shape index (κ1) is 18.0. The van der Waals surface area contributed by atoms with Gasteiger partial charge in [-0.05, 0) is 44.1 Å². The van der Waals surface area contributed by atoms with E-state index in [2.05, 4.69) is 0 Å². The van der Waals surface area contributed by atoms with E-state index in [0.717, 1.165) is 12.8 Å². The van der Waals surface area contributed by atoms with Crippen molar-refractivity contribution in [2.75, 3.05) is 0 Å². The largest absolute Gasteiger partial charge is 0.481 e. The predicted molar refractivity (Wildman–Crippen MR) is 92.2 cm³/mol. The van der Waals surface area contributed by atoms with Gasteiger partial charge in [0.25, 0.3) is 0 Å². The van der Waals surface area contributed by atoms with E-state index >= 15 is 0 Å². The lowest BCUT2D eigenvalue weighted by atomic mass is 9.41. The molecule has 0 aromatic carbocycles. The summed E-state index contributed by atoms with van der Waals surface area (Å²) < 4.78 is 5.61. The molecule has 6 heteroatoms. The molecule has 0 bridgehead atoms. The summed E-state index contributed by atoms with van der Waals surface area (Å²) in [6.45, 7) is 5.37. The summed E-state index contributed by atoms with van der Waals surface area (Å²) >= 11 is 0. The van der Waals surface area contributed by atoms with Crippen molar-refractivity contribution in [3.63, 3.8) is 0 Å². The lowest BCUT2D eigenvalue weighted by Crippen LogP contribution is -2.69. The first-order valence-corrected chi connectivity index (χ1v) is 9.44. The van der Waals surface area contributed by atoms with Gasteiger partial charge in [0.1, 0.15) is 5.76 Å². The fourth-order valence-corrected chi connectivity index (χ4v) is 6.77. The molecule has 2 saturated carbocycles. The zero-order chi connectivity index (χ0) is 19.1. The van der Waals surface area contributed by atoms with E-state index in [4.69, 9.17) is 4.42 Å². The second kappa shape index (κ2) is 5.33. The van der Waals surface area contributed by atoms with Gasteiger partial charge in [0, 0.05) is 23.8 Å². The minimum atomic E-state index is -1.34. The maximum absolute atomic E-state index is 12.1. The molecule has 0 aliphatic heterocycles. The maximum atomic E-state index is 12.1. The third-order valence-electron chi connectivity index (χ3n) is 7.98. The molecule has 0 saturated heterocycles. The van der Waals surface area contributed by atoms with Gasteiger partial charge in [-0.25, -0.2) is 0 Å². The molecule has 0 radical (unpaired) electrons. The van der Waals surface area contributed by atoms with Crippen molar-refractivity contribution in [1.82, 2.24) is 0 Å². The molecule has 4 N–H and O–H groups in total. The topological polar surface area (TPSA) is 111 Å². The minimum absolute atomic E-state index is 0.168. The summed E-state index contributed by atoms with van der Waals surface area (Å²) in [5.74, 6) is -1.55. The number of aliphatic carboxylic acids is 1. The van der Waals surface area contributed by atoms with Gasteiger partial charge in [-0.2, -0.15) is 0 Å². The van der Waals surface area contributed by atoms with Gasteiger partial charge in [0.15, 0.2) is 0 Å². The molecular weight excluding hydrogens is 336 g/mol. The second-order valence-corrected chi connectivity index (χ2v) is 9.28. The summed E-state index contributed by atoms with van der Waals surface area (Å²) in [6.07, 6.45) is 1.69. The van der Waals surface area contributed by atoms with Gasteiger partial charge >= 0.3 is 5.97 Å². The van der Waals surface area contributed by atoms with Crippen molar-refractivity contribution in [1.29, 1.82) is 0 Å². The van der Waals surface area contributed by atoms with Crippen LogP contribution in [0.1, 0.15) is 51.4 Å². The highest BCUT2D eigenvalue weighted by molar-refractivity contribution is 5.75. The number of carboxylic acids is 1. The summed E-state index contributed by atoms with van der Waals surface area (Å²) in [5.41, 5.74) is -2.29. The van der Waals surface area contributed by atoms with Crippen LogP contribution >= 0.6 is 0 Å². The highest BCUT2D eigenvalue weighted by atomic mass is 16.4. The average Bonchev–Trinajstić information content (AvgIpc) is 3.02. The third-order valence-corrected chi connectivity index (χ3v) is 7.98. The van der Waals surface area contributed by atoms with Crippen molar-refractivity contribution in [3.8, 4) is 0 Å². The molecule has 4 rings (SSSR count). The van der Waals surface area contributed by atoms with Gasteiger partial charge in [-0.15, -0.1) is 0 Å². The third kappa shape index (κ3) is 2.01. The molecule has 3 aliphatic rings. The van der Waals surface area contributed by atoms with E-state index in [1.807, 2.05) is 6.92 Å². The van der Waals surface area contributed by atoms with Gasteiger partial charge in [-0.3, -0.25) is 4.79 Å². The molecule has 2 fully saturated rings. The van der Waals surface area contributed by atoms with E-state index < -0.39 is 46.4 Å². The van der Waals surface area contributed by atoms with Gasteiger partial charge in [0.2, 0.25) is 0 Å². The summed E-state index contributed by atoms with van der Waals surface area (Å²) in [5, 5.41) is 43.3. The Bertz CT molecular complexity index is 738. The maximum Gasteiger partial charge on any atom is 0.309 e. The SMILES string of the molecule is C[C@]12CCC[C@@](C)(C(=O)O)[C@@H]1[C@@H](O)[C@H](O)[C@@H]1[C@@H]2Cc2occc2[C@@]1(C)O. The van der Waals surface area contributed by atoms with E-state index in [9.17, 15) is 25.2 Å². The van der Waals surface area contributed by atoms with Crippen LogP contribution in [-0.4, -0.2) is 38.6 Å². The molecule has 1 aromatic rings. The summed E-state index contributed by atoms with van der Waals surface area (Å²) in [4.78, 5) is 12.1. The molecule has 0 spiro atoms. The van der Waals surface area contributed by atoms with Crippen LogP contribution in [0.25, 0.3) is 0 Å². The second-order valence-electron chi connectivity index (χ2n) is 9.28. The van der Waals surface area contributed by atoms with Crippen LogP contribution in [0.5, 0.6) is 0 Å². The Balaban J connectivity index is 1.89. The zero-order valence-corrected chi connectivity index (χ0v) is 15.5. The van der Waals surface area contributed by atoms with E-state index in [0.29, 0.717) is 24.2 Å². The Labute approximate surface area is 152 Å². The number of carboxylic acid groups (broad SMARTS) is 1. The fraction of sp³-hybridized carbons (Fsp3) is 0.750. The van der Waals surface area contributed by atoms with E-state index in [1.54, 1.807) is 26.2 Å². The number of aliphatic hydroxyl groups is 3.